The van der Waals surface area contributed by atoms with E-state index in [1.165, 1.54) is 6.07 Å². The molecule has 0 amide bonds. The zero-order valence-electron chi connectivity index (χ0n) is 11.2. The highest BCUT2D eigenvalue weighted by atomic mass is 35.5. The summed E-state index contributed by atoms with van der Waals surface area (Å²) in [6.07, 6.45) is 0.510. The summed E-state index contributed by atoms with van der Waals surface area (Å²) in [5.41, 5.74) is 0.179. The quantitative estimate of drug-likeness (QED) is 0.653. The zero-order chi connectivity index (χ0) is 16.1. The Labute approximate surface area is 131 Å². The van der Waals surface area contributed by atoms with E-state index in [-0.39, 0.29) is 34.5 Å². The first-order chi connectivity index (χ1) is 10.3. The molecule has 1 aliphatic heterocycles. The molecule has 6 nitrogen and oxygen atoms in total. The Kier molecular flexibility index (Phi) is 3.64. The van der Waals surface area contributed by atoms with Crippen molar-refractivity contribution in [3.8, 4) is 22.8 Å². The van der Waals surface area contributed by atoms with Crippen molar-refractivity contribution in [3.63, 3.8) is 0 Å². The van der Waals surface area contributed by atoms with Crippen LogP contribution in [0.4, 0.5) is 10.3 Å². The fourth-order valence-corrected chi connectivity index (χ4v) is 4.12. The molecule has 1 saturated heterocycles. The van der Waals surface area contributed by atoms with Gasteiger partial charge in [0.1, 0.15) is 5.82 Å². The Morgan fingerprint density at radius 2 is 1.95 bits per heavy atom. The summed E-state index contributed by atoms with van der Waals surface area (Å²) in [7, 11) is -3.09. The summed E-state index contributed by atoms with van der Waals surface area (Å²) in [4.78, 5) is 0. The molecule has 22 heavy (non-hydrogen) atoms. The van der Waals surface area contributed by atoms with E-state index in [1.54, 1.807) is 0 Å². The Hall–Kier alpha value is -1.61. The fourth-order valence-electron chi connectivity index (χ4n) is 2.32. The largest absolute Gasteiger partial charge is 0.502 e. The van der Waals surface area contributed by atoms with Crippen molar-refractivity contribution in [2.45, 2.75) is 6.42 Å². The highest BCUT2D eigenvalue weighted by molar-refractivity contribution is 8.25. The number of hydrogen-bond acceptors (Lipinski definition) is 6. The van der Waals surface area contributed by atoms with E-state index in [1.807, 2.05) is 0 Å². The maximum absolute atomic E-state index is 13.1. The number of rotatable bonds is 2. The number of anilines is 1. The zero-order valence-corrected chi connectivity index (χ0v) is 12.7. The van der Waals surface area contributed by atoms with Gasteiger partial charge in [-0.25, -0.2) is 8.70 Å². The third-order valence-corrected chi connectivity index (χ3v) is 5.58. The second kappa shape index (κ2) is 5.24. The van der Waals surface area contributed by atoms with Gasteiger partial charge in [-0.1, -0.05) is 11.6 Å². The molecule has 3 rings (SSSR count). The lowest BCUT2D eigenvalue weighted by Gasteiger charge is -2.35. The molecule has 120 valence electrons. The van der Waals surface area contributed by atoms with Crippen molar-refractivity contribution in [2.75, 3.05) is 16.6 Å². The van der Waals surface area contributed by atoms with Crippen LogP contribution >= 0.6 is 22.4 Å². The molecule has 0 atom stereocenters. The van der Waals surface area contributed by atoms with Gasteiger partial charge in [0, 0.05) is 12.1 Å². The van der Waals surface area contributed by atoms with Gasteiger partial charge in [0.25, 0.3) is 5.88 Å². The molecule has 0 saturated carbocycles. The number of nitrogens with zero attached hydrogens (tertiary/aromatic N) is 1. The van der Waals surface area contributed by atoms with Crippen molar-refractivity contribution < 1.29 is 28.1 Å². The molecule has 1 aromatic heterocycles. The molecular weight excluding hydrogens is 337 g/mol. The smallest absolute Gasteiger partial charge is 0.261 e. The van der Waals surface area contributed by atoms with E-state index in [4.69, 9.17) is 16.0 Å². The van der Waals surface area contributed by atoms with Crippen LogP contribution < -0.4 is 4.31 Å². The Morgan fingerprint density at radius 1 is 1.23 bits per heavy atom. The van der Waals surface area contributed by atoms with Gasteiger partial charge in [0.05, 0.1) is 10.8 Å². The third-order valence-electron chi connectivity index (χ3n) is 3.38. The molecule has 4 N–H and O–H groups in total. The molecule has 0 unspecified atom stereocenters. The van der Waals surface area contributed by atoms with Gasteiger partial charge in [-0.2, -0.15) is 0 Å². The minimum absolute atomic E-state index is 0.0105. The molecule has 2 heterocycles. The minimum atomic E-state index is -3.09. The van der Waals surface area contributed by atoms with E-state index in [2.05, 4.69) is 0 Å². The molecule has 1 aromatic carbocycles. The van der Waals surface area contributed by atoms with Gasteiger partial charge in [0.2, 0.25) is 11.5 Å². The summed E-state index contributed by atoms with van der Waals surface area (Å²) < 4.78 is 39.5. The lowest BCUT2D eigenvalue weighted by atomic mass is 10.1. The first-order valence-electron chi connectivity index (χ1n) is 6.35. The van der Waals surface area contributed by atoms with Gasteiger partial charge in [0.15, 0.2) is 5.76 Å². The highest BCUT2D eigenvalue weighted by Crippen LogP contribution is 2.57. The first kappa shape index (κ1) is 15.3. The number of hydrogen-bond donors (Lipinski definition) is 4. The van der Waals surface area contributed by atoms with Gasteiger partial charge in [-0.05, 0) is 24.6 Å². The van der Waals surface area contributed by atoms with Gasteiger partial charge in [-0.3, -0.25) is 9.11 Å². The monoisotopic (exact) mass is 349 g/mol. The molecule has 0 bridgehead atoms. The third kappa shape index (κ3) is 2.38. The SMILES string of the molecule is Oc1c(-c2ccc(F)cc2Cl)oc(N2CCCS2(O)O)c1O. The molecule has 0 aliphatic carbocycles. The van der Waals surface area contributed by atoms with E-state index in [9.17, 15) is 23.7 Å². The highest BCUT2D eigenvalue weighted by Gasteiger charge is 2.36. The van der Waals surface area contributed by atoms with Crippen molar-refractivity contribution >= 4 is 28.3 Å². The topological polar surface area (TPSA) is 97.3 Å². The fraction of sp³-hybridized carbons (Fsp3) is 0.231. The van der Waals surface area contributed by atoms with Crippen LogP contribution in [0.15, 0.2) is 22.6 Å². The lowest BCUT2D eigenvalue weighted by molar-refractivity contribution is 0.409. The number of aromatic hydroxyl groups is 2. The predicted octanol–water partition coefficient (Wildman–Crippen LogP) is 4.03. The van der Waals surface area contributed by atoms with Crippen LogP contribution in [0.25, 0.3) is 11.3 Å². The van der Waals surface area contributed by atoms with E-state index in [0.717, 1.165) is 16.4 Å². The molecule has 0 spiro atoms. The summed E-state index contributed by atoms with van der Waals surface area (Å²) in [5.74, 6) is -2.02. The molecule has 9 heteroatoms. The van der Waals surface area contributed by atoms with Crippen LogP contribution in [0, 0.1) is 5.82 Å². The van der Waals surface area contributed by atoms with Crippen LogP contribution in [0.3, 0.4) is 0 Å². The number of furan rings is 1. The first-order valence-corrected chi connectivity index (χ1v) is 8.40. The predicted molar refractivity (Wildman–Crippen MR) is 82.1 cm³/mol. The molecule has 1 aliphatic rings. The number of benzene rings is 1. The average molecular weight is 350 g/mol. The molecule has 1 fully saturated rings. The molecule has 0 radical (unpaired) electrons. The van der Waals surface area contributed by atoms with Crippen LogP contribution in [-0.2, 0) is 0 Å². The lowest BCUT2D eigenvalue weighted by Crippen LogP contribution is -2.21. The van der Waals surface area contributed by atoms with Crippen molar-refractivity contribution in [1.29, 1.82) is 0 Å². The maximum Gasteiger partial charge on any atom is 0.261 e. The van der Waals surface area contributed by atoms with Crippen LogP contribution in [0.5, 0.6) is 11.5 Å². The van der Waals surface area contributed by atoms with Gasteiger partial charge < -0.3 is 14.6 Å². The van der Waals surface area contributed by atoms with Crippen molar-refractivity contribution in [1.82, 2.24) is 0 Å². The minimum Gasteiger partial charge on any atom is -0.502 e. The van der Waals surface area contributed by atoms with E-state index >= 15 is 0 Å². The Bertz CT molecular complexity index is 735. The van der Waals surface area contributed by atoms with E-state index < -0.39 is 28.1 Å². The van der Waals surface area contributed by atoms with Crippen LogP contribution in [-0.4, -0.2) is 31.6 Å². The van der Waals surface area contributed by atoms with E-state index in [0.29, 0.717) is 6.42 Å². The van der Waals surface area contributed by atoms with Crippen LogP contribution in [0.2, 0.25) is 5.02 Å². The summed E-state index contributed by atoms with van der Waals surface area (Å²) in [5, 5.41) is 20.0. The van der Waals surface area contributed by atoms with Crippen molar-refractivity contribution in [3.05, 3.63) is 29.0 Å². The van der Waals surface area contributed by atoms with Crippen LogP contribution in [0.1, 0.15) is 6.42 Å². The summed E-state index contributed by atoms with van der Waals surface area (Å²) >= 11 is 5.91. The average Bonchev–Trinajstić information content (AvgIpc) is 2.92. The van der Waals surface area contributed by atoms with Gasteiger partial charge >= 0.3 is 0 Å². The Morgan fingerprint density at radius 3 is 2.55 bits per heavy atom. The summed E-state index contributed by atoms with van der Waals surface area (Å²) in [6.45, 7) is 0.263. The Balaban J connectivity index is 2.10. The maximum atomic E-state index is 13.1. The molecular formula is C13H13ClFNO5S. The standard InChI is InChI=1S/C13H13ClFNO5S/c14-9-6-7(15)2-3-8(9)12-10(17)11(18)13(21-12)16-4-1-5-22(16,19)20/h2-3,6,17-20H,1,4-5H2. The normalized spacial score (nSPS) is 18.6. The molecule has 2 aromatic rings. The number of halogens is 2. The van der Waals surface area contributed by atoms with Crippen molar-refractivity contribution in [2.24, 2.45) is 0 Å². The second-order valence-corrected chi connectivity index (χ2v) is 7.37. The summed E-state index contributed by atoms with van der Waals surface area (Å²) in [6, 6.07) is 3.46. The van der Waals surface area contributed by atoms with Gasteiger partial charge in [-0.15, -0.1) is 10.8 Å². The second-order valence-electron chi connectivity index (χ2n) is 4.85.